The van der Waals surface area contributed by atoms with Crippen molar-refractivity contribution in [3.63, 3.8) is 0 Å². The Morgan fingerprint density at radius 1 is 1.23 bits per heavy atom. The zero-order valence-corrected chi connectivity index (χ0v) is 14.3. The maximum Gasteiger partial charge on any atom is 0.277 e. The van der Waals surface area contributed by atoms with Gasteiger partial charge in [-0.2, -0.15) is 5.10 Å². The van der Waals surface area contributed by atoms with Gasteiger partial charge in [0, 0.05) is 10.0 Å². The third kappa shape index (κ3) is 5.33. The van der Waals surface area contributed by atoms with Crippen molar-refractivity contribution in [1.82, 2.24) is 5.43 Å². The number of hydrogen-bond acceptors (Lipinski definition) is 3. The fourth-order valence-electron chi connectivity index (χ4n) is 1.53. The van der Waals surface area contributed by atoms with Crippen LogP contribution in [0.5, 0.6) is 5.75 Å². The second kappa shape index (κ2) is 8.17. The summed E-state index contributed by atoms with van der Waals surface area (Å²) >= 11 is 15.0. The van der Waals surface area contributed by atoms with Gasteiger partial charge < -0.3 is 4.74 Å². The summed E-state index contributed by atoms with van der Waals surface area (Å²) < 4.78 is 6.04. The third-order valence-electron chi connectivity index (χ3n) is 2.50. The van der Waals surface area contributed by atoms with Crippen molar-refractivity contribution < 1.29 is 9.53 Å². The summed E-state index contributed by atoms with van der Waals surface area (Å²) in [7, 11) is 0. The third-order valence-corrected chi connectivity index (χ3v) is 3.59. The first-order valence-electron chi connectivity index (χ1n) is 6.20. The number of rotatable bonds is 5. The molecule has 0 aromatic heterocycles. The Balaban J connectivity index is 1.83. The molecule has 1 N–H and O–H groups in total. The summed E-state index contributed by atoms with van der Waals surface area (Å²) in [5.74, 6) is 0.151. The Kier molecular flexibility index (Phi) is 6.24. The molecule has 0 radical (unpaired) electrons. The largest absolute Gasteiger partial charge is 0.483 e. The molecule has 2 rings (SSSR count). The second-order valence-corrected chi connectivity index (χ2v) is 5.94. The van der Waals surface area contributed by atoms with Crippen LogP contribution in [-0.2, 0) is 4.79 Å². The van der Waals surface area contributed by atoms with Crippen LogP contribution in [-0.4, -0.2) is 18.7 Å². The van der Waals surface area contributed by atoms with E-state index in [2.05, 4.69) is 26.5 Å². The number of benzene rings is 2. The predicted molar refractivity (Wildman–Crippen MR) is 91.8 cm³/mol. The predicted octanol–water partition coefficient (Wildman–Crippen LogP) is 4.29. The summed E-state index contributed by atoms with van der Waals surface area (Å²) in [5.41, 5.74) is 3.16. The normalized spacial score (nSPS) is 10.7. The topological polar surface area (TPSA) is 50.7 Å². The molecule has 0 aliphatic carbocycles. The van der Waals surface area contributed by atoms with E-state index in [1.165, 1.54) is 6.21 Å². The van der Waals surface area contributed by atoms with E-state index in [9.17, 15) is 4.79 Å². The molecule has 0 aliphatic rings. The van der Waals surface area contributed by atoms with Crippen molar-refractivity contribution in [2.45, 2.75) is 0 Å². The minimum atomic E-state index is -0.375. The number of hydrazone groups is 1. The maximum absolute atomic E-state index is 11.6. The van der Waals surface area contributed by atoms with Gasteiger partial charge in [0.25, 0.3) is 5.91 Å². The molecule has 7 heteroatoms. The van der Waals surface area contributed by atoms with Crippen molar-refractivity contribution in [3.8, 4) is 5.75 Å². The van der Waals surface area contributed by atoms with Crippen molar-refractivity contribution in [1.29, 1.82) is 0 Å². The number of ether oxygens (including phenoxy) is 1. The van der Waals surface area contributed by atoms with Gasteiger partial charge in [-0.25, -0.2) is 5.43 Å². The zero-order chi connectivity index (χ0) is 15.9. The van der Waals surface area contributed by atoms with E-state index in [0.29, 0.717) is 20.3 Å². The molecule has 2 aromatic rings. The molecule has 0 bridgehead atoms. The number of halogens is 3. The highest BCUT2D eigenvalue weighted by Gasteiger charge is 2.05. The smallest absolute Gasteiger partial charge is 0.277 e. The Morgan fingerprint density at radius 3 is 2.73 bits per heavy atom. The van der Waals surface area contributed by atoms with Crippen LogP contribution in [0.3, 0.4) is 0 Å². The van der Waals surface area contributed by atoms with Crippen LogP contribution in [0, 0.1) is 0 Å². The van der Waals surface area contributed by atoms with Gasteiger partial charge in [-0.15, -0.1) is 0 Å². The number of carbonyl (C=O) groups excluding carboxylic acids is 1. The summed E-state index contributed by atoms with van der Waals surface area (Å²) in [6, 6.07) is 12.2. The minimum absolute atomic E-state index is 0.160. The monoisotopic (exact) mass is 400 g/mol. The molecule has 0 saturated heterocycles. The van der Waals surface area contributed by atoms with Gasteiger partial charge in [-0.3, -0.25) is 4.79 Å². The SMILES string of the molecule is O=C(COc1ccc(Cl)cc1Br)N/N=C/c1cccc(Cl)c1. The Hall–Kier alpha value is -1.56. The Labute approximate surface area is 146 Å². The van der Waals surface area contributed by atoms with Crippen LogP contribution in [0.4, 0.5) is 0 Å². The summed E-state index contributed by atoms with van der Waals surface area (Å²) in [6.07, 6.45) is 1.50. The number of hydrogen-bond donors (Lipinski definition) is 1. The maximum atomic E-state index is 11.6. The van der Waals surface area contributed by atoms with E-state index in [-0.39, 0.29) is 12.5 Å². The zero-order valence-electron chi connectivity index (χ0n) is 11.2. The number of amides is 1. The molecule has 22 heavy (non-hydrogen) atoms. The molecule has 114 valence electrons. The average molecular weight is 402 g/mol. The van der Waals surface area contributed by atoms with Crippen LogP contribution < -0.4 is 10.2 Å². The fourth-order valence-corrected chi connectivity index (χ4v) is 2.53. The summed E-state index contributed by atoms with van der Waals surface area (Å²) in [6.45, 7) is -0.160. The van der Waals surface area contributed by atoms with E-state index < -0.39 is 0 Å². The highest BCUT2D eigenvalue weighted by atomic mass is 79.9. The quantitative estimate of drug-likeness (QED) is 0.600. The molecule has 0 heterocycles. The van der Waals surface area contributed by atoms with Gasteiger partial charge in [0.15, 0.2) is 6.61 Å². The second-order valence-electron chi connectivity index (χ2n) is 4.21. The first-order chi connectivity index (χ1) is 10.5. The lowest BCUT2D eigenvalue weighted by molar-refractivity contribution is -0.123. The van der Waals surface area contributed by atoms with Crippen molar-refractivity contribution >= 4 is 51.3 Å². The van der Waals surface area contributed by atoms with Gasteiger partial charge in [-0.1, -0.05) is 35.3 Å². The Morgan fingerprint density at radius 2 is 2.00 bits per heavy atom. The molecule has 1 amide bonds. The lowest BCUT2D eigenvalue weighted by atomic mass is 10.2. The lowest BCUT2D eigenvalue weighted by Gasteiger charge is -2.07. The molecule has 0 aliphatic heterocycles. The van der Waals surface area contributed by atoms with E-state index in [1.807, 2.05) is 6.07 Å². The van der Waals surface area contributed by atoms with Crippen LogP contribution >= 0.6 is 39.1 Å². The van der Waals surface area contributed by atoms with E-state index >= 15 is 0 Å². The molecule has 0 spiro atoms. The molecule has 0 unspecified atom stereocenters. The van der Waals surface area contributed by atoms with Crippen LogP contribution in [0.25, 0.3) is 0 Å². The molecular weight excluding hydrogens is 391 g/mol. The molecule has 4 nitrogen and oxygen atoms in total. The van der Waals surface area contributed by atoms with Gasteiger partial charge >= 0.3 is 0 Å². The first-order valence-corrected chi connectivity index (χ1v) is 7.75. The van der Waals surface area contributed by atoms with Gasteiger partial charge in [0.05, 0.1) is 10.7 Å². The minimum Gasteiger partial charge on any atom is -0.483 e. The van der Waals surface area contributed by atoms with E-state index in [4.69, 9.17) is 27.9 Å². The fraction of sp³-hybridized carbons (Fsp3) is 0.0667. The van der Waals surface area contributed by atoms with Gasteiger partial charge in [0.1, 0.15) is 5.75 Å². The standard InChI is InChI=1S/C15H11BrCl2N2O2/c16-13-7-12(18)4-5-14(13)22-9-15(21)20-19-8-10-2-1-3-11(17)6-10/h1-8H,9H2,(H,20,21)/b19-8+. The molecule has 0 saturated carbocycles. The summed E-state index contributed by atoms with van der Waals surface area (Å²) in [5, 5.41) is 5.02. The Bertz CT molecular complexity index is 708. The molecule has 0 fully saturated rings. The average Bonchev–Trinajstić information content (AvgIpc) is 2.46. The van der Waals surface area contributed by atoms with Gasteiger partial charge in [-0.05, 0) is 51.8 Å². The van der Waals surface area contributed by atoms with Crippen molar-refractivity contribution in [2.24, 2.45) is 5.10 Å². The highest BCUT2D eigenvalue weighted by molar-refractivity contribution is 9.10. The van der Waals surface area contributed by atoms with Gasteiger partial charge in [0.2, 0.25) is 0 Å². The highest BCUT2D eigenvalue weighted by Crippen LogP contribution is 2.27. The van der Waals surface area contributed by atoms with Crippen LogP contribution in [0.15, 0.2) is 52.0 Å². The summed E-state index contributed by atoms with van der Waals surface area (Å²) in [4.78, 5) is 11.6. The molecule has 2 aromatic carbocycles. The number of nitrogens with one attached hydrogen (secondary N) is 1. The number of nitrogens with zero attached hydrogens (tertiary/aromatic N) is 1. The first kappa shape index (κ1) is 16.8. The van der Waals surface area contributed by atoms with Crippen molar-refractivity contribution in [3.05, 3.63) is 62.5 Å². The lowest BCUT2D eigenvalue weighted by Crippen LogP contribution is -2.24. The molecule has 0 atom stereocenters. The van der Waals surface area contributed by atoms with Crippen molar-refractivity contribution in [2.75, 3.05) is 6.61 Å². The number of carbonyl (C=O) groups is 1. The molecular formula is C15H11BrCl2N2O2. The van der Waals surface area contributed by atoms with Crippen LogP contribution in [0.1, 0.15) is 5.56 Å². The van der Waals surface area contributed by atoms with E-state index in [0.717, 1.165) is 5.56 Å². The van der Waals surface area contributed by atoms with E-state index in [1.54, 1.807) is 36.4 Å². The van der Waals surface area contributed by atoms with Crippen LogP contribution in [0.2, 0.25) is 10.0 Å².